The van der Waals surface area contributed by atoms with Gasteiger partial charge in [0.2, 0.25) is 0 Å². The van der Waals surface area contributed by atoms with Crippen molar-refractivity contribution in [3.05, 3.63) is 230 Å². The zero-order chi connectivity index (χ0) is 54.1. The zero-order valence-electron chi connectivity index (χ0n) is 46.0. The molecule has 12 aromatic carbocycles. The molecule has 0 heterocycles. The summed E-state index contributed by atoms with van der Waals surface area (Å²) in [7, 11) is 11.0. The van der Waals surface area contributed by atoms with E-state index in [9.17, 15) is 0 Å². The first-order chi connectivity index (χ1) is 38.5. The van der Waals surface area contributed by atoms with Crippen molar-refractivity contribution in [2.75, 3.05) is 0 Å². The van der Waals surface area contributed by atoms with Gasteiger partial charge in [0.05, 0.1) is 0 Å². The minimum absolute atomic E-state index is 0.826. The van der Waals surface area contributed by atoms with E-state index < -0.39 is 20.8 Å². The second-order valence-corrected chi connectivity index (χ2v) is 25.4. The van der Waals surface area contributed by atoms with Crippen molar-refractivity contribution in [1.82, 2.24) is 0 Å². The third-order valence-corrected chi connectivity index (χ3v) is 15.4. The topological polar surface area (TPSA) is 0 Å². The summed E-state index contributed by atoms with van der Waals surface area (Å²) in [5.41, 5.74) is 13.6. The molecule has 0 nitrogen and oxygen atoms in total. The van der Waals surface area contributed by atoms with E-state index in [0.29, 0.717) is 0 Å². The van der Waals surface area contributed by atoms with E-state index in [1.807, 2.05) is 0 Å². The first-order valence-corrected chi connectivity index (χ1v) is 36.7. The fourth-order valence-corrected chi connectivity index (χ4v) is 11.7. The predicted molar refractivity (Wildman–Crippen MR) is 345 cm³/mol. The Kier molecular flexibility index (Phi) is 21.0. The van der Waals surface area contributed by atoms with Gasteiger partial charge in [0.1, 0.15) is 0 Å². The number of aryl methyl sites for hydroxylation is 2. The van der Waals surface area contributed by atoms with E-state index in [2.05, 4.69) is 245 Å². The van der Waals surface area contributed by atoms with Gasteiger partial charge in [0.25, 0.3) is 0 Å². The fraction of sp³-hybridized carbons (Fsp3) is 0.216. The summed E-state index contributed by atoms with van der Waals surface area (Å²) in [5, 5.41) is 16.0. The molecule has 0 spiro atoms. The number of hydrogen-bond acceptors (Lipinski definition) is 0. The SMILES string of the molecule is CCCCCCCc1cc2c(-c3cccc4ccccc34)ccc(-c3cccc4ccccc34)c2[cH-]1.CCCCCCCc1cc2c(-c3cccc4ccccc34)ccc(-c3cccc4ccccc34)c2[cH-]1.C[Si]C.[Cl][Zr+2][Cl]. The summed E-state index contributed by atoms with van der Waals surface area (Å²) < 4.78 is 0. The molecule has 4 heteroatoms. The standard InChI is InChI=1S/2C36H33.C2H6Si.2ClH.Zr/c2*1-2-3-4-5-6-13-26-24-35-33(31-20-11-16-27-14-7-9-18-29(27)31)22-23-34(36(35)25-26)32-21-12-17-28-15-8-10-19-30(28)32;1-3-2;;;/h2*7-12,14-25H,2-6,13H2,1H3;1-2H3;2*1H;/q2*-1;;;;+4/p-2. The molecule has 0 aliphatic rings. The Morgan fingerprint density at radius 3 is 0.897 bits per heavy atom. The van der Waals surface area contributed by atoms with Crippen LogP contribution in [0.5, 0.6) is 0 Å². The Balaban J connectivity index is 0.000000172. The van der Waals surface area contributed by atoms with Crippen molar-refractivity contribution in [2.24, 2.45) is 0 Å². The molecule has 0 N–H and O–H groups in total. The van der Waals surface area contributed by atoms with Gasteiger partial charge in [-0.2, -0.15) is 12.1 Å². The Labute approximate surface area is 486 Å². The van der Waals surface area contributed by atoms with E-state index in [-0.39, 0.29) is 0 Å². The van der Waals surface area contributed by atoms with Crippen LogP contribution in [0.1, 0.15) is 89.2 Å². The van der Waals surface area contributed by atoms with Crippen LogP contribution in [0.4, 0.5) is 0 Å². The van der Waals surface area contributed by atoms with E-state index in [4.69, 9.17) is 17.0 Å². The Hall–Kier alpha value is -5.86. The van der Waals surface area contributed by atoms with Gasteiger partial charge in [-0.05, 0) is 67.1 Å². The van der Waals surface area contributed by atoms with E-state index in [1.165, 1.54) is 184 Å². The van der Waals surface area contributed by atoms with E-state index in [0.717, 1.165) is 22.4 Å². The zero-order valence-corrected chi connectivity index (χ0v) is 51.0. The van der Waals surface area contributed by atoms with Crippen LogP contribution in [0, 0.1) is 0 Å². The van der Waals surface area contributed by atoms with Crippen LogP contribution in [0.15, 0.2) is 218 Å². The van der Waals surface area contributed by atoms with Gasteiger partial charge in [-0.1, -0.05) is 319 Å². The van der Waals surface area contributed by atoms with Crippen molar-refractivity contribution in [3.8, 4) is 44.5 Å². The summed E-state index contributed by atoms with van der Waals surface area (Å²) in [6, 6.07) is 81.1. The summed E-state index contributed by atoms with van der Waals surface area (Å²) in [4.78, 5) is 0. The first-order valence-electron chi connectivity index (χ1n) is 28.4. The van der Waals surface area contributed by atoms with Crippen LogP contribution >= 0.6 is 17.0 Å². The fourth-order valence-electron chi connectivity index (χ4n) is 11.7. The number of halogens is 2. The molecular weight excluding hydrogens is 1080 g/mol. The summed E-state index contributed by atoms with van der Waals surface area (Å²) in [6.45, 7) is 8.88. The van der Waals surface area contributed by atoms with Crippen molar-refractivity contribution >= 4 is 91.2 Å². The monoisotopic (exact) mass is 1150 g/mol. The molecule has 0 aliphatic heterocycles. The molecule has 78 heavy (non-hydrogen) atoms. The van der Waals surface area contributed by atoms with Gasteiger partial charge < -0.3 is 0 Å². The third kappa shape index (κ3) is 13.4. The van der Waals surface area contributed by atoms with Crippen LogP contribution in [-0.2, 0) is 33.7 Å². The summed E-state index contributed by atoms with van der Waals surface area (Å²) in [6.07, 6.45) is 15.5. The van der Waals surface area contributed by atoms with Gasteiger partial charge in [0, 0.05) is 9.52 Å². The Bertz CT molecular complexity index is 3350. The van der Waals surface area contributed by atoms with Crippen LogP contribution in [0.25, 0.3) is 109 Å². The van der Waals surface area contributed by atoms with Crippen LogP contribution in [0.3, 0.4) is 0 Å². The molecule has 0 atom stereocenters. The average molecular weight is 1150 g/mol. The number of unbranched alkanes of at least 4 members (excludes halogenated alkanes) is 8. The molecule has 0 saturated carbocycles. The second-order valence-electron chi connectivity index (χ2n) is 20.7. The minimum atomic E-state index is -0.826. The molecule has 0 unspecified atom stereocenters. The molecule has 0 bridgehead atoms. The number of fused-ring (bicyclic) bond motifs is 6. The molecule has 0 aromatic heterocycles. The maximum absolute atomic E-state index is 4.93. The van der Waals surface area contributed by atoms with Crippen LogP contribution in [-0.4, -0.2) is 9.52 Å². The van der Waals surface area contributed by atoms with Crippen molar-refractivity contribution in [1.29, 1.82) is 0 Å². The molecule has 0 amide bonds. The van der Waals surface area contributed by atoms with Gasteiger partial charge >= 0.3 is 37.9 Å². The molecule has 12 aromatic rings. The molecule has 0 aliphatic carbocycles. The Morgan fingerprint density at radius 1 is 0.321 bits per heavy atom. The van der Waals surface area contributed by atoms with Crippen molar-refractivity contribution in [3.63, 3.8) is 0 Å². The first kappa shape index (κ1) is 56.8. The second kappa shape index (κ2) is 28.9. The molecule has 2 radical (unpaired) electrons. The molecule has 0 saturated heterocycles. The van der Waals surface area contributed by atoms with Crippen LogP contribution < -0.4 is 0 Å². The molecule has 12 rings (SSSR count). The normalized spacial score (nSPS) is 11.1. The van der Waals surface area contributed by atoms with Crippen molar-refractivity contribution in [2.45, 2.75) is 104 Å². The summed E-state index contributed by atoms with van der Waals surface area (Å²) in [5.74, 6) is 0. The average Bonchev–Trinajstić information content (AvgIpc) is 4.18. The van der Waals surface area contributed by atoms with E-state index in [1.54, 1.807) is 0 Å². The molecule has 0 fully saturated rings. The summed E-state index contributed by atoms with van der Waals surface area (Å²) >= 11 is -0.826. The molecular formula is C74H72Cl2SiZr. The predicted octanol–water partition coefficient (Wildman–Crippen LogP) is 23.6. The van der Waals surface area contributed by atoms with Crippen molar-refractivity contribution < 1.29 is 20.8 Å². The van der Waals surface area contributed by atoms with E-state index >= 15 is 0 Å². The number of benzene rings is 10. The Morgan fingerprint density at radius 2 is 0.577 bits per heavy atom. The van der Waals surface area contributed by atoms with Crippen LogP contribution in [0.2, 0.25) is 13.1 Å². The van der Waals surface area contributed by atoms with Gasteiger partial charge in [-0.15, -0.1) is 44.8 Å². The number of hydrogen-bond donors (Lipinski definition) is 0. The van der Waals surface area contributed by atoms with Gasteiger partial charge in [0.15, 0.2) is 0 Å². The quantitative estimate of drug-likeness (QED) is 0.0514. The number of rotatable bonds is 16. The molecule has 390 valence electrons. The maximum atomic E-state index is 4.93. The van der Waals surface area contributed by atoms with Gasteiger partial charge in [-0.25, -0.2) is 0 Å². The van der Waals surface area contributed by atoms with Gasteiger partial charge in [-0.3, -0.25) is 0 Å². The third-order valence-electron chi connectivity index (χ3n) is 15.4.